The molecule has 4 heteroatoms. The summed E-state index contributed by atoms with van der Waals surface area (Å²) >= 11 is 0.192. The first-order valence-electron chi connectivity index (χ1n) is 5.30. The minimum atomic E-state index is -1.68. The topological polar surface area (TPSA) is 18.5 Å². The van der Waals surface area contributed by atoms with Gasteiger partial charge in [0.25, 0.3) is 0 Å². The third-order valence-electron chi connectivity index (χ3n) is 2.63. The van der Waals surface area contributed by atoms with Crippen molar-refractivity contribution in [2.45, 2.75) is 30.0 Å². The zero-order valence-corrected chi connectivity index (χ0v) is 12.7. The van der Waals surface area contributed by atoms with Gasteiger partial charge in [-0.1, -0.05) is 0 Å². The number of hydrogen-bond donors (Lipinski definition) is 0. The number of ether oxygens (including phenoxy) is 2. The zero-order chi connectivity index (χ0) is 11.1. The summed E-state index contributed by atoms with van der Waals surface area (Å²) in [4.78, 5) is 1.22. The van der Waals surface area contributed by atoms with Gasteiger partial charge in [0.2, 0.25) is 0 Å². The molecular weight excluding hydrogens is 269 g/mol. The van der Waals surface area contributed by atoms with Gasteiger partial charge < -0.3 is 0 Å². The average Bonchev–Trinajstić information content (AvgIpc) is 2.69. The van der Waals surface area contributed by atoms with E-state index in [1.807, 2.05) is 18.3 Å². The number of hydrogen-bond acceptors (Lipinski definition) is 3. The van der Waals surface area contributed by atoms with Gasteiger partial charge in [0.15, 0.2) is 0 Å². The molecule has 0 radical (unpaired) electrons. The van der Waals surface area contributed by atoms with Crippen molar-refractivity contribution in [2.24, 2.45) is 0 Å². The molecule has 84 valence electrons. The molecule has 0 saturated carbocycles. The van der Waals surface area contributed by atoms with Crippen LogP contribution >= 0.6 is 11.3 Å². The fraction of sp³-hybridized carbons (Fsp3) is 0.636. The van der Waals surface area contributed by atoms with Gasteiger partial charge in [-0.3, -0.25) is 0 Å². The van der Waals surface area contributed by atoms with Crippen molar-refractivity contribution in [3.05, 3.63) is 17.0 Å². The summed E-state index contributed by atoms with van der Waals surface area (Å²) in [6.45, 7) is 3.44. The van der Waals surface area contributed by atoms with Crippen LogP contribution in [0.5, 0.6) is 0 Å². The summed E-state index contributed by atoms with van der Waals surface area (Å²) in [7, 11) is 0. The van der Waals surface area contributed by atoms with E-state index in [4.69, 9.17) is 9.47 Å². The number of rotatable bonds is 2. The molecule has 2 heterocycles. The normalized spacial score (nSPS) is 20.8. The van der Waals surface area contributed by atoms with Crippen molar-refractivity contribution in [3.8, 4) is 0 Å². The van der Waals surface area contributed by atoms with Gasteiger partial charge in [-0.15, -0.1) is 0 Å². The summed E-state index contributed by atoms with van der Waals surface area (Å²) in [5.41, 5.74) is 0. The molecule has 0 bridgehead atoms. The Balaban J connectivity index is 2.27. The van der Waals surface area contributed by atoms with E-state index in [0.717, 1.165) is 0 Å². The van der Waals surface area contributed by atoms with E-state index in [1.165, 1.54) is 4.88 Å². The molecule has 0 aromatic carbocycles. The third kappa shape index (κ3) is 2.30. The summed E-state index contributed by atoms with van der Waals surface area (Å²) in [5.74, 6) is 6.76. The van der Waals surface area contributed by atoms with Gasteiger partial charge in [0.1, 0.15) is 0 Å². The van der Waals surface area contributed by atoms with Crippen LogP contribution in [0.15, 0.2) is 12.1 Å². The molecule has 2 nitrogen and oxygen atoms in total. The van der Waals surface area contributed by atoms with Crippen LogP contribution in [0, 0.1) is 0 Å². The van der Waals surface area contributed by atoms with Crippen LogP contribution in [0.4, 0.5) is 0 Å². The Hall–Kier alpha value is 0.163. The fourth-order valence-electron chi connectivity index (χ4n) is 1.64. The number of thiophene rings is 1. The Bertz CT molecular complexity index is 348. The van der Waals surface area contributed by atoms with Crippen molar-refractivity contribution in [1.82, 2.24) is 0 Å². The van der Waals surface area contributed by atoms with Crippen LogP contribution in [-0.4, -0.2) is 26.5 Å². The SMILES string of the molecule is CC1(c2cc[c]([Ge]([CH3])([CH3])[CH3])s2)OCCO1. The summed E-state index contributed by atoms with van der Waals surface area (Å²) in [6.07, 6.45) is 0. The van der Waals surface area contributed by atoms with Crippen molar-refractivity contribution in [2.75, 3.05) is 13.2 Å². The van der Waals surface area contributed by atoms with Crippen molar-refractivity contribution in [3.63, 3.8) is 0 Å². The molecule has 0 unspecified atom stereocenters. The Labute approximate surface area is 98.0 Å². The van der Waals surface area contributed by atoms with Gasteiger partial charge in [0.05, 0.1) is 0 Å². The van der Waals surface area contributed by atoms with Crippen LogP contribution < -0.4 is 3.71 Å². The molecule has 1 fully saturated rings. The molecule has 1 aliphatic rings. The van der Waals surface area contributed by atoms with Crippen LogP contribution in [0.1, 0.15) is 11.8 Å². The quantitative estimate of drug-likeness (QED) is 0.778. The molecule has 0 amide bonds. The molecule has 0 atom stereocenters. The molecule has 0 aliphatic carbocycles. The second kappa shape index (κ2) is 3.88. The van der Waals surface area contributed by atoms with E-state index in [2.05, 4.69) is 29.4 Å². The Kier molecular flexibility index (Phi) is 3.01. The molecule has 15 heavy (non-hydrogen) atoms. The second-order valence-electron chi connectivity index (χ2n) is 5.06. The third-order valence-corrected chi connectivity index (χ3v) is 11.0. The van der Waals surface area contributed by atoms with Crippen molar-refractivity contribution in [1.29, 1.82) is 0 Å². The first kappa shape index (κ1) is 11.6. The first-order valence-corrected chi connectivity index (χ1v) is 13.5. The van der Waals surface area contributed by atoms with E-state index in [9.17, 15) is 0 Å². The van der Waals surface area contributed by atoms with Gasteiger partial charge in [-0.05, 0) is 0 Å². The van der Waals surface area contributed by atoms with Gasteiger partial charge in [-0.25, -0.2) is 0 Å². The van der Waals surface area contributed by atoms with E-state index in [0.29, 0.717) is 13.2 Å². The molecular formula is C11H18GeO2S. The Morgan fingerprint density at radius 3 is 2.27 bits per heavy atom. The van der Waals surface area contributed by atoms with Crippen molar-refractivity contribution >= 4 is 28.3 Å². The maximum absolute atomic E-state index is 5.66. The second-order valence-corrected chi connectivity index (χ2v) is 17.5. The van der Waals surface area contributed by atoms with Gasteiger partial charge in [-0.2, -0.15) is 0 Å². The van der Waals surface area contributed by atoms with Crippen LogP contribution in [0.25, 0.3) is 0 Å². The van der Waals surface area contributed by atoms with Crippen molar-refractivity contribution < 1.29 is 9.47 Å². The first-order chi connectivity index (χ1) is 6.92. The fourth-order valence-corrected chi connectivity index (χ4v) is 6.60. The van der Waals surface area contributed by atoms with E-state index < -0.39 is 19.1 Å². The summed E-state index contributed by atoms with van der Waals surface area (Å²) in [5, 5.41) is 0. The Morgan fingerprint density at radius 1 is 1.20 bits per heavy atom. The van der Waals surface area contributed by atoms with Gasteiger partial charge in [0, 0.05) is 0 Å². The van der Waals surface area contributed by atoms with E-state index >= 15 is 0 Å². The summed E-state index contributed by atoms with van der Waals surface area (Å²) in [6, 6.07) is 4.43. The molecule has 1 aliphatic heterocycles. The minimum absolute atomic E-state index is 0.476. The molecule has 0 spiro atoms. The predicted molar refractivity (Wildman–Crippen MR) is 66.6 cm³/mol. The van der Waals surface area contributed by atoms with E-state index in [1.54, 1.807) is 3.71 Å². The predicted octanol–water partition coefficient (Wildman–Crippen LogP) is 2.51. The van der Waals surface area contributed by atoms with Crippen LogP contribution in [0.3, 0.4) is 0 Å². The molecule has 2 rings (SSSR count). The monoisotopic (exact) mass is 288 g/mol. The Morgan fingerprint density at radius 2 is 1.80 bits per heavy atom. The van der Waals surface area contributed by atoms with E-state index in [-0.39, 0.29) is 0 Å². The maximum atomic E-state index is 5.66. The summed E-state index contributed by atoms with van der Waals surface area (Å²) < 4.78 is 12.9. The zero-order valence-electron chi connectivity index (χ0n) is 9.79. The standard InChI is InChI=1S/C11H18GeO2S/c1-11(13-7-8-14-11)9-5-6-10(15-9)12(2,3)4/h5-6H,7-8H2,1-4H3. The van der Waals surface area contributed by atoms with Gasteiger partial charge >= 0.3 is 98.0 Å². The molecule has 0 N–H and O–H groups in total. The van der Waals surface area contributed by atoms with Crippen LogP contribution in [0.2, 0.25) is 17.3 Å². The molecule has 1 aromatic heterocycles. The average molecular weight is 287 g/mol. The van der Waals surface area contributed by atoms with Crippen LogP contribution in [-0.2, 0) is 15.3 Å². The molecule has 1 saturated heterocycles. The molecule has 1 aromatic rings.